The van der Waals surface area contributed by atoms with Crippen molar-refractivity contribution in [3.05, 3.63) is 41.0 Å². The van der Waals surface area contributed by atoms with Gasteiger partial charge in [-0.05, 0) is 43.5 Å². The van der Waals surface area contributed by atoms with E-state index in [4.69, 9.17) is 10.5 Å². The van der Waals surface area contributed by atoms with E-state index in [1.807, 2.05) is 12.1 Å². The van der Waals surface area contributed by atoms with Crippen molar-refractivity contribution in [3.8, 4) is 0 Å². The average Bonchev–Trinajstić information content (AvgIpc) is 2.48. The Labute approximate surface area is 124 Å². The number of nitrogens with two attached hydrogens (primary N) is 1. The van der Waals surface area contributed by atoms with Crippen LogP contribution in [0.15, 0.2) is 29.8 Å². The van der Waals surface area contributed by atoms with Gasteiger partial charge in [0, 0.05) is 18.7 Å². The summed E-state index contributed by atoms with van der Waals surface area (Å²) >= 11 is 0. The molecule has 0 saturated carbocycles. The molecule has 1 heterocycles. The van der Waals surface area contributed by atoms with Crippen LogP contribution in [0.1, 0.15) is 36.2 Å². The smallest absolute Gasteiger partial charge is 0.410 e. The van der Waals surface area contributed by atoms with E-state index in [1.165, 1.54) is 5.57 Å². The SMILES string of the molecule is CCOC(=O)N1CCC(C)=C(c2ccc(C(N)=O)cc2)C1. The van der Waals surface area contributed by atoms with Gasteiger partial charge in [-0.25, -0.2) is 4.79 Å². The molecule has 0 unspecified atom stereocenters. The number of rotatable bonds is 3. The zero-order valence-corrected chi connectivity index (χ0v) is 12.4. The maximum Gasteiger partial charge on any atom is 0.410 e. The third kappa shape index (κ3) is 3.42. The molecule has 2 amide bonds. The van der Waals surface area contributed by atoms with Gasteiger partial charge in [-0.2, -0.15) is 0 Å². The normalized spacial score (nSPS) is 15.0. The van der Waals surface area contributed by atoms with Crippen molar-refractivity contribution in [2.75, 3.05) is 19.7 Å². The number of carbonyl (C=O) groups excluding carboxylic acids is 2. The maximum absolute atomic E-state index is 11.8. The summed E-state index contributed by atoms with van der Waals surface area (Å²) in [5.74, 6) is -0.441. The number of amides is 2. The van der Waals surface area contributed by atoms with Crippen molar-refractivity contribution in [3.63, 3.8) is 0 Å². The molecular weight excluding hydrogens is 268 g/mol. The van der Waals surface area contributed by atoms with Crippen LogP contribution in [-0.2, 0) is 4.74 Å². The lowest BCUT2D eigenvalue weighted by atomic mass is 9.94. The predicted octanol–water partition coefficient (Wildman–Crippen LogP) is 2.42. The van der Waals surface area contributed by atoms with Crippen LogP contribution in [0.4, 0.5) is 4.79 Å². The summed E-state index contributed by atoms with van der Waals surface area (Å²) in [6.07, 6.45) is 0.544. The first-order valence-corrected chi connectivity index (χ1v) is 7.03. The molecule has 0 fully saturated rings. The molecule has 1 aromatic rings. The second kappa shape index (κ2) is 6.43. The highest BCUT2D eigenvalue weighted by molar-refractivity contribution is 5.93. The van der Waals surface area contributed by atoms with Crippen molar-refractivity contribution in [2.45, 2.75) is 20.3 Å². The van der Waals surface area contributed by atoms with Crippen LogP contribution in [0.3, 0.4) is 0 Å². The third-order valence-electron chi connectivity index (χ3n) is 3.66. The maximum atomic E-state index is 11.8. The largest absolute Gasteiger partial charge is 0.450 e. The lowest BCUT2D eigenvalue weighted by Crippen LogP contribution is -2.36. The zero-order valence-electron chi connectivity index (χ0n) is 12.4. The fourth-order valence-electron chi connectivity index (χ4n) is 2.40. The molecule has 2 N–H and O–H groups in total. The van der Waals surface area contributed by atoms with E-state index >= 15 is 0 Å². The third-order valence-corrected chi connectivity index (χ3v) is 3.66. The van der Waals surface area contributed by atoms with Crippen molar-refractivity contribution in [1.82, 2.24) is 4.90 Å². The van der Waals surface area contributed by atoms with Gasteiger partial charge in [-0.15, -0.1) is 0 Å². The standard InChI is InChI=1S/C16H20N2O3/c1-3-21-16(20)18-9-8-11(2)14(10-18)12-4-6-13(7-5-12)15(17)19/h4-7H,3,8-10H2,1-2H3,(H2,17,19). The fraction of sp³-hybridized carbons (Fsp3) is 0.375. The number of hydrogen-bond donors (Lipinski definition) is 1. The molecule has 0 bridgehead atoms. The van der Waals surface area contributed by atoms with Crippen molar-refractivity contribution < 1.29 is 14.3 Å². The van der Waals surface area contributed by atoms with Gasteiger partial charge in [0.05, 0.1) is 6.61 Å². The molecule has 0 aromatic heterocycles. The first-order valence-electron chi connectivity index (χ1n) is 7.03. The molecule has 2 rings (SSSR count). The van der Waals surface area contributed by atoms with Crippen molar-refractivity contribution in [1.29, 1.82) is 0 Å². The zero-order chi connectivity index (χ0) is 15.4. The van der Waals surface area contributed by atoms with Crippen LogP contribution in [0.2, 0.25) is 0 Å². The second-order valence-corrected chi connectivity index (χ2v) is 5.07. The lowest BCUT2D eigenvalue weighted by Gasteiger charge is -2.29. The molecule has 5 nitrogen and oxygen atoms in total. The quantitative estimate of drug-likeness (QED) is 0.928. The van der Waals surface area contributed by atoms with E-state index in [2.05, 4.69) is 6.92 Å². The Balaban J connectivity index is 2.20. The molecule has 1 aliphatic rings. The van der Waals surface area contributed by atoms with Crippen LogP contribution in [0.5, 0.6) is 0 Å². The van der Waals surface area contributed by atoms with E-state index in [9.17, 15) is 9.59 Å². The van der Waals surface area contributed by atoms with Gasteiger partial charge in [-0.3, -0.25) is 4.79 Å². The second-order valence-electron chi connectivity index (χ2n) is 5.07. The topological polar surface area (TPSA) is 72.6 Å². The van der Waals surface area contributed by atoms with E-state index in [1.54, 1.807) is 24.0 Å². The Hall–Kier alpha value is -2.30. The van der Waals surface area contributed by atoms with E-state index in [0.717, 1.165) is 17.6 Å². The average molecular weight is 288 g/mol. The molecule has 0 aliphatic carbocycles. The fourth-order valence-corrected chi connectivity index (χ4v) is 2.40. The summed E-state index contributed by atoms with van der Waals surface area (Å²) in [5.41, 5.74) is 9.09. The summed E-state index contributed by atoms with van der Waals surface area (Å²) in [7, 11) is 0. The monoisotopic (exact) mass is 288 g/mol. The Morgan fingerprint density at radius 3 is 2.52 bits per heavy atom. The molecule has 0 atom stereocenters. The van der Waals surface area contributed by atoms with Crippen molar-refractivity contribution in [2.24, 2.45) is 5.73 Å². The summed E-state index contributed by atoms with van der Waals surface area (Å²) in [6.45, 7) is 5.45. The van der Waals surface area contributed by atoms with Gasteiger partial charge in [0.15, 0.2) is 0 Å². The minimum atomic E-state index is -0.441. The Morgan fingerprint density at radius 1 is 1.29 bits per heavy atom. The van der Waals surface area contributed by atoms with Gasteiger partial charge in [0.1, 0.15) is 0 Å². The minimum Gasteiger partial charge on any atom is -0.450 e. The number of hydrogen-bond acceptors (Lipinski definition) is 3. The molecule has 1 aliphatic heterocycles. The van der Waals surface area contributed by atoms with E-state index in [-0.39, 0.29) is 6.09 Å². The Bertz CT molecular complexity index is 576. The number of nitrogens with zero attached hydrogens (tertiary/aromatic N) is 1. The number of ether oxygens (including phenoxy) is 1. The number of carbonyl (C=O) groups is 2. The summed E-state index contributed by atoms with van der Waals surface area (Å²) < 4.78 is 5.05. The van der Waals surface area contributed by atoms with Crippen LogP contribution >= 0.6 is 0 Å². The first-order chi connectivity index (χ1) is 10.0. The van der Waals surface area contributed by atoms with Gasteiger partial charge in [0.2, 0.25) is 5.91 Å². The highest BCUT2D eigenvalue weighted by Crippen LogP contribution is 2.27. The van der Waals surface area contributed by atoms with E-state index < -0.39 is 5.91 Å². The molecule has 1 aromatic carbocycles. The van der Waals surface area contributed by atoms with Gasteiger partial charge >= 0.3 is 6.09 Å². The summed E-state index contributed by atoms with van der Waals surface area (Å²) in [6, 6.07) is 7.16. The Kier molecular flexibility index (Phi) is 4.62. The highest BCUT2D eigenvalue weighted by atomic mass is 16.6. The lowest BCUT2D eigenvalue weighted by molar-refractivity contribution is 0.1000. The number of primary amides is 1. The number of benzene rings is 1. The predicted molar refractivity (Wildman–Crippen MR) is 80.8 cm³/mol. The minimum absolute atomic E-state index is 0.281. The summed E-state index contributed by atoms with van der Waals surface area (Å²) in [4.78, 5) is 24.7. The van der Waals surface area contributed by atoms with Crippen LogP contribution in [-0.4, -0.2) is 36.6 Å². The Morgan fingerprint density at radius 2 is 1.95 bits per heavy atom. The van der Waals surface area contributed by atoms with Crippen LogP contribution in [0, 0.1) is 0 Å². The van der Waals surface area contributed by atoms with Gasteiger partial charge in [-0.1, -0.05) is 17.7 Å². The van der Waals surface area contributed by atoms with Gasteiger partial charge < -0.3 is 15.4 Å². The molecule has 0 spiro atoms. The van der Waals surface area contributed by atoms with E-state index in [0.29, 0.717) is 25.3 Å². The molecule has 112 valence electrons. The molecule has 5 heteroatoms. The highest BCUT2D eigenvalue weighted by Gasteiger charge is 2.22. The van der Waals surface area contributed by atoms with Crippen LogP contribution in [0.25, 0.3) is 5.57 Å². The molecule has 0 radical (unpaired) electrons. The van der Waals surface area contributed by atoms with Gasteiger partial charge in [0.25, 0.3) is 0 Å². The first kappa shape index (κ1) is 15.1. The van der Waals surface area contributed by atoms with Crippen LogP contribution < -0.4 is 5.73 Å². The molecule has 0 saturated heterocycles. The summed E-state index contributed by atoms with van der Waals surface area (Å²) in [5, 5.41) is 0. The van der Waals surface area contributed by atoms with Crippen molar-refractivity contribution >= 4 is 17.6 Å². The molecular formula is C16H20N2O3. The molecule has 21 heavy (non-hydrogen) atoms.